The Bertz CT molecular complexity index is 1300. The summed E-state index contributed by atoms with van der Waals surface area (Å²) < 4.78 is 0. The minimum Gasteiger partial charge on any atom is -0.507 e. The Labute approximate surface area is 207 Å². The highest BCUT2D eigenvalue weighted by molar-refractivity contribution is 6.51. The molecule has 1 saturated heterocycles. The highest BCUT2D eigenvalue weighted by Gasteiger charge is 2.47. The molecule has 4 nitrogen and oxygen atoms in total. The Morgan fingerprint density at radius 1 is 0.800 bits per heavy atom. The second-order valence-electron chi connectivity index (χ2n) is 10.1. The number of benzene rings is 3. The third-order valence-corrected chi connectivity index (χ3v) is 6.85. The van der Waals surface area contributed by atoms with Crippen LogP contribution in [0.15, 0.2) is 72.3 Å². The average molecular weight is 468 g/mol. The molecule has 1 N–H and O–H groups in total. The summed E-state index contributed by atoms with van der Waals surface area (Å²) in [6.45, 7) is 12.3. The number of Topliss-reactive ketones (excluding diaryl/α,β-unsaturated/α-hetero) is 1. The standard InChI is InChI=1S/C31H33NO3/c1-18(2)22-9-11-24(12-10-22)28-27(29(33)26-17-20(5)7-8-21(26)6)30(34)31(35)32(28)25-15-13-23(14-16-25)19(3)4/h7-19,28,33H,1-6H3/b29-27+. The van der Waals surface area contributed by atoms with Gasteiger partial charge in [0.2, 0.25) is 0 Å². The van der Waals surface area contributed by atoms with Crippen LogP contribution in [0.2, 0.25) is 0 Å². The topological polar surface area (TPSA) is 57.6 Å². The van der Waals surface area contributed by atoms with Crippen molar-refractivity contribution in [1.82, 2.24) is 0 Å². The monoisotopic (exact) mass is 467 g/mol. The number of anilines is 1. The second kappa shape index (κ2) is 9.53. The first-order valence-electron chi connectivity index (χ1n) is 12.2. The molecule has 4 heteroatoms. The van der Waals surface area contributed by atoms with Crippen molar-refractivity contribution in [1.29, 1.82) is 0 Å². The molecule has 0 aliphatic carbocycles. The average Bonchev–Trinajstić information content (AvgIpc) is 3.10. The molecule has 1 atom stereocenters. The normalized spacial score (nSPS) is 17.6. The zero-order chi connectivity index (χ0) is 25.4. The third kappa shape index (κ3) is 4.53. The van der Waals surface area contributed by atoms with Gasteiger partial charge in [-0.05, 0) is 66.1 Å². The van der Waals surface area contributed by atoms with Crippen LogP contribution in [-0.2, 0) is 9.59 Å². The molecule has 0 spiro atoms. The van der Waals surface area contributed by atoms with Crippen molar-refractivity contribution >= 4 is 23.1 Å². The molecule has 3 aromatic rings. The van der Waals surface area contributed by atoms with E-state index in [0.29, 0.717) is 23.1 Å². The molecular formula is C31H33NO3. The van der Waals surface area contributed by atoms with Crippen molar-refractivity contribution in [3.05, 3.63) is 106 Å². The molecule has 1 aliphatic rings. The first-order valence-corrected chi connectivity index (χ1v) is 12.2. The Morgan fingerprint density at radius 3 is 1.89 bits per heavy atom. The van der Waals surface area contributed by atoms with Crippen LogP contribution in [0.4, 0.5) is 5.69 Å². The van der Waals surface area contributed by atoms with Crippen LogP contribution >= 0.6 is 0 Å². The van der Waals surface area contributed by atoms with E-state index in [2.05, 4.69) is 27.7 Å². The number of nitrogens with zero attached hydrogens (tertiary/aromatic N) is 1. The number of carbonyl (C=O) groups excluding carboxylic acids is 2. The number of rotatable bonds is 5. The Kier molecular flexibility index (Phi) is 6.66. The first kappa shape index (κ1) is 24.5. The lowest BCUT2D eigenvalue weighted by Crippen LogP contribution is -2.29. The van der Waals surface area contributed by atoms with Gasteiger partial charge in [0.05, 0.1) is 11.6 Å². The van der Waals surface area contributed by atoms with Crippen LogP contribution in [0, 0.1) is 13.8 Å². The van der Waals surface area contributed by atoms with Crippen molar-refractivity contribution in [3.63, 3.8) is 0 Å². The van der Waals surface area contributed by atoms with Gasteiger partial charge in [-0.25, -0.2) is 0 Å². The van der Waals surface area contributed by atoms with Crippen molar-refractivity contribution in [2.45, 2.75) is 59.4 Å². The molecule has 1 heterocycles. The quantitative estimate of drug-likeness (QED) is 0.246. The molecule has 3 aromatic carbocycles. The fourth-order valence-corrected chi connectivity index (χ4v) is 4.63. The van der Waals surface area contributed by atoms with E-state index in [1.807, 2.05) is 80.6 Å². The lowest BCUT2D eigenvalue weighted by atomic mass is 9.91. The first-order chi connectivity index (χ1) is 16.6. The van der Waals surface area contributed by atoms with Crippen molar-refractivity contribution in [3.8, 4) is 0 Å². The van der Waals surface area contributed by atoms with E-state index in [-0.39, 0.29) is 11.3 Å². The van der Waals surface area contributed by atoms with Crippen LogP contribution in [0.3, 0.4) is 0 Å². The maximum absolute atomic E-state index is 13.4. The minimum absolute atomic E-state index is 0.119. The Morgan fingerprint density at radius 2 is 1.34 bits per heavy atom. The molecule has 1 amide bonds. The number of carbonyl (C=O) groups is 2. The molecular weight excluding hydrogens is 434 g/mol. The Balaban J connectivity index is 1.93. The van der Waals surface area contributed by atoms with Gasteiger partial charge in [0.15, 0.2) is 0 Å². The summed E-state index contributed by atoms with van der Waals surface area (Å²) in [4.78, 5) is 28.4. The smallest absolute Gasteiger partial charge is 0.300 e. The van der Waals surface area contributed by atoms with Gasteiger partial charge >= 0.3 is 0 Å². The fourth-order valence-electron chi connectivity index (χ4n) is 4.63. The number of ketones is 1. The van der Waals surface area contributed by atoms with E-state index in [0.717, 1.165) is 22.3 Å². The summed E-state index contributed by atoms with van der Waals surface area (Å²) in [7, 11) is 0. The highest BCUT2D eigenvalue weighted by atomic mass is 16.3. The number of hydrogen-bond donors (Lipinski definition) is 1. The van der Waals surface area contributed by atoms with Gasteiger partial charge in [-0.3, -0.25) is 14.5 Å². The van der Waals surface area contributed by atoms with E-state index in [1.54, 1.807) is 0 Å². The molecule has 0 saturated carbocycles. The van der Waals surface area contributed by atoms with E-state index in [1.165, 1.54) is 10.5 Å². The van der Waals surface area contributed by atoms with Gasteiger partial charge in [0, 0.05) is 11.3 Å². The van der Waals surface area contributed by atoms with Crippen LogP contribution in [0.1, 0.15) is 79.0 Å². The maximum atomic E-state index is 13.4. The van der Waals surface area contributed by atoms with E-state index in [4.69, 9.17) is 0 Å². The predicted molar refractivity (Wildman–Crippen MR) is 142 cm³/mol. The molecule has 4 rings (SSSR count). The van der Waals surface area contributed by atoms with Crippen molar-refractivity contribution in [2.24, 2.45) is 0 Å². The summed E-state index contributed by atoms with van der Waals surface area (Å²) >= 11 is 0. The van der Waals surface area contributed by atoms with E-state index >= 15 is 0 Å². The summed E-state index contributed by atoms with van der Waals surface area (Å²) in [5.41, 5.74) is 6.24. The lowest BCUT2D eigenvalue weighted by molar-refractivity contribution is -0.132. The van der Waals surface area contributed by atoms with Gasteiger partial charge in [-0.1, -0.05) is 81.8 Å². The summed E-state index contributed by atoms with van der Waals surface area (Å²) in [6, 6.07) is 20.7. The summed E-state index contributed by atoms with van der Waals surface area (Å²) in [5.74, 6) is -0.734. The SMILES string of the molecule is Cc1ccc(C)c(/C(O)=C2\C(=O)C(=O)N(c3ccc(C(C)C)cc3)C2c2ccc(C(C)C)cc2)c1. The van der Waals surface area contributed by atoms with Gasteiger partial charge in [0.1, 0.15) is 5.76 Å². The van der Waals surface area contributed by atoms with E-state index in [9.17, 15) is 14.7 Å². The molecule has 1 unspecified atom stereocenters. The lowest BCUT2D eigenvalue weighted by Gasteiger charge is -2.26. The number of amides is 1. The van der Waals surface area contributed by atoms with Crippen molar-refractivity contribution in [2.75, 3.05) is 4.90 Å². The highest BCUT2D eigenvalue weighted by Crippen LogP contribution is 2.43. The Hall–Kier alpha value is -3.66. The van der Waals surface area contributed by atoms with Gasteiger partial charge in [0.25, 0.3) is 11.7 Å². The molecule has 0 bridgehead atoms. The van der Waals surface area contributed by atoms with Crippen LogP contribution in [0.25, 0.3) is 5.76 Å². The largest absolute Gasteiger partial charge is 0.507 e. The van der Waals surface area contributed by atoms with Gasteiger partial charge in [-0.15, -0.1) is 0 Å². The molecule has 35 heavy (non-hydrogen) atoms. The van der Waals surface area contributed by atoms with E-state index < -0.39 is 17.7 Å². The zero-order valence-electron chi connectivity index (χ0n) is 21.3. The maximum Gasteiger partial charge on any atom is 0.300 e. The fraction of sp³-hybridized carbons (Fsp3) is 0.290. The minimum atomic E-state index is -0.721. The number of aryl methyl sites for hydroxylation is 2. The summed E-state index contributed by atoms with van der Waals surface area (Å²) in [5, 5.41) is 11.4. The zero-order valence-corrected chi connectivity index (χ0v) is 21.3. The van der Waals surface area contributed by atoms with Crippen LogP contribution in [-0.4, -0.2) is 16.8 Å². The molecule has 1 aliphatic heterocycles. The van der Waals surface area contributed by atoms with Crippen LogP contribution < -0.4 is 4.90 Å². The predicted octanol–water partition coefficient (Wildman–Crippen LogP) is 7.18. The molecule has 0 aromatic heterocycles. The number of aliphatic hydroxyl groups excluding tert-OH is 1. The summed E-state index contributed by atoms with van der Waals surface area (Å²) in [6.07, 6.45) is 0. The molecule has 1 fully saturated rings. The third-order valence-electron chi connectivity index (χ3n) is 6.85. The molecule has 180 valence electrons. The van der Waals surface area contributed by atoms with Crippen molar-refractivity contribution < 1.29 is 14.7 Å². The van der Waals surface area contributed by atoms with Gasteiger partial charge < -0.3 is 5.11 Å². The number of aliphatic hydroxyl groups is 1. The molecule has 0 radical (unpaired) electrons. The number of hydrogen-bond acceptors (Lipinski definition) is 3. The van der Waals surface area contributed by atoms with Crippen LogP contribution in [0.5, 0.6) is 0 Å². The second-order valence-corrected chi connectivity index (χ2v) is 10.1. The van der Waals surface area contributed by atoms with Gasteiger partial charge in [-0.2, -0.15) is 0 Å².